The molecule has 0 N–H and O–H groups in total. The fraction of sp³-hybridized carbons (Fsp3) is 0.318. The summed E-state index contributed by atoms with van der Waals surface area (Å²) in [7, 11) is 0. The highest BCUT2D eigenvalue weighted by atomic mass is 19.1. The summed E-state index contributed by atoms with van der Waals surface area (Å²) in [5.41, 5.74) is -0.305. The molecule has 9 heteroatoms. The van der Waals surface area contributed by atoms with Crippen molar-refractivity contribution in [3.05, 3.63) is 64.2 Å². The molecule has 2 aromatic rings. The van der Waals surface area contributed by atoms with Gasteiger partial charge in [-0.1, -0.05) is 12.2 Å². The lowest BCUT2D eigenvalue weighted by Gasteiger charge is -2.37. The van der Waals surface area contributed by atoms with Gasteiger partial charge in [0.1, 0.15) is 17.3 Å². The summed E-state index contributed by atoms with van der Waals surface area (Å²) in [4.78, 5) is 36.4. The lowest BCUT2D eigenvalue weighted by molar-refractivity contribution is -0.384. The van der Waals surface area contributed by atoms with E-state index in [-0.39, 0.29) is 52.6 Å². The van der Waals surface area contributed by atoms with Crippen LogP contribution in [0, 0.1) is 51.4 Å². The number of hydrazone groups is 1. The van der Waals surface area contributed by atoms with Gasteiger partial charge < -0.3 is 4.42 Å². The van der Waals surface area contributed by atoms with E-state index in [4.69, 9.17) is 4.42 Å². The van der Waals surface area contributed by atoms with Crippen LogP contribution in [0.3, 0.4) is 0 Å². The molecule has 2 bridgehead atoms. The van der Waals surface area contributed by atoms with Gasteiger partial charge in [-0.05, 0) is 54.4 Å². The van der Waals surface area contributed by atoms with Gasteiger partial charge in [-0.25, -0.2) is 4.39 Å². The molecule has 31 heavy (non-hydrogen) atoms. The van der Waals surface area contributed by atoms with Crippen LogP contribution < -0.4 is 0 Å². The van der Waals surface area contributed by atoms with E-state index < -0.39 is 16.4 Å². The third-order valence-electron chi connectivity index (χ3n) is 6.99. The molecule has 3 fully saturated rings. The van der Waals surface area contributed by atoms with Gasteiger partial charge in [0.15, 0.2) is 0 Å². The molecule has 4 aliphatic carbocycles. The number of nitrogens with zero attached hydrogens (tertiary/aromatic N) is 3. The molecule has 8 nitrogen and oxygen atoms in total. The smallest absolute Gasteiger partial charge is 0.283 e. The molecule has 5 aliphatic rings. The number of carbonyl (C=O) groups is 2. The number of imide groups is 1. The van der Waals surface area contributed by atoms with Gasteiger partial charge in [0.05, 0.1) is 34.6 Å². The highest BCUT2D eigenvalue weighted by Gasteiger charge is 2.67. The summed E-state index contributed by atoms with van der Waals surface area (Å²) >= 11 is 0. The van der Waals surface area contributed by atoms with E-state index in [2.05, 4.69) is 17.3 Å². The van der Waals surface area contributed by atoms with Gasteiger partial charge in [-0.2, -0.15) is 10.1 Å². The second-order valence-electron chi connectivity index (χ2n) is 8.51. The van der Waals surface area contributed by atoms with Crippen LogP contribution in [0.4, 0.5) is 10.1 Å². The Morgan fingerprint density at radius 2 is 1.77 bits per heavy atom. The van der Waals surface area contributed by atoms with Crippen LogP contribution in [0.15, 0.2) is 52.0 Å². The Hall–Kier alpha value is -3.62. The maximum absolute atomic E-state index is 13.4. The Morgan fingerprint density at radius 3 is 2.42 bits per heavy atom. The van der Waals surface area contributed by atoms with Crippen molar-refractivity contribution in [2.45, 2.75) is 6.42 Å². The zero-order valence-electron chi connectivity index (χ0n) is 16.1. The molecule has 2 heterocycles. The molecular weight excluding hydrogens is 405 g/mol. The number of rotatable bonds is 4. The molecule has 1 aliphatic heterocycles. The van der Waals surface area contributed by atoms with Crippen molar-refractivity contribution in [2.24, 2.45) is 40.6 Å². The third-order valence-corrected chi connectivity index (χ3v) is 6.99. The van der Waals surface area contributed by atoms with E-state index in [0.717, 1.165) is 23.6 Å². The van der Waals surface area contributed by atoms with Crippen molar-refractivity contribution >= 4 is 23.7 Å². The minimum atomic E-state index is -0.725. The molecule has 0 radical (unpaired) electrons. The SMILES string of the molecule is O=C1[C@H]2[C@@H]3C=C[C@H]([C@@H]4C[C@H]34)[C@@H]2C(=O)N1/N=C\c1ccc(-c2ccc(F)cc2[N+](=O)[O-])o1. The average molecular weight is 421 g/mol. The lowest BCUT2D eigenvalue weighted by atomic mass is 9.63. The minimum Gasteiger partial charge on any atom is -0.455 e. The maximum Gasteiger partial charge on any atom is 0.283 e. The predicted molar refractivity (Wildman–Crippen MR) is 105 cm³/mol. The number of nitro groups is 1. The number of amides is 2. The van der Waals surface area contributed by atoms with Gasteiger partial charge in [0, 0.05) is 0 Å². The summed E-state index contributed by atoms with van der Waals surface area (Å²) in [5.74, 6) is -0.332. The van der Waals surface area contributed by atoms with Crippen molar-refractivity contribution in [2.75, 3.05) is 0 Å². The molecule has 0 unspecified atom stereocenters. The van der Waals surface area contributed by atoms with E-state index in [1.807, 2.05) is 0 Å². The number of halogens is 1. The minimum absolute atomic E-state index is 0.117. The summed E-state index contributed by atoms with van der Waals surface area (Å²) in [5, 5.41) is 16.2. The first kappa shape index (κ1) is 18.2. The van der Waals surface area contributed by atoms with Gasteiger partial charge in [0.25, 0.3) is 17.5 Å². The highest BCUT2D eigenvalue weighted by molar-refractivity contribution is 6.06. The van der Waals surface area contributed by atoms with Crippen LogP contribution in [0.2, 0.25) is 0 Å². The first-order valence-electron chi connectivity index (χ1n) is 10.1. The summed E-state index contributed by atoms with van der Waals surface area (Å²) < 4.78 is 19.0. The van der Waals surface area contributed by atoms with Crippen molar-refractivity contribution in [3.63, 3.8) is 0 Å². The van der Waals surface area contributed by atoms with Crippen molar-refractivity contribution < 1.29 is 23.3 Å². The Morgan fingerprint density at radius 1 is 1.10 bits per heavy atom. The first-order chi connectivity index (χ1) is 14.9. The lowest BCUT2D eigenvalue weighted by Crippen LogP contribution is -2.40. The monoisotopic (exact) mass is 421 g/mol. The Kier molecular flexibility index (Phi) is 3.63. The fourth-order valence-corrected chi connectivity index (χ4v) is 5.60. The zero-order chi connectivity index (χ0) is 21.4. The Bertz CT molecular complexity index is 1180. The fourth-order valence-electron chi connectivity index (χ4n) is 5.60. The molecule has 7 rings (SSSR count). The standard InChI is InChI=1S/C22H16FN3O5/c23-10-1-3-14(17(7-10)26(29)30)18-6-2-11(31-18)9-24-25-21(27)19-12-4-5-13(16-8-15(12)16)20(19)22(25)28/h1-7,9,12-13,15-16,19-20H,8H2/b24-9-/t12-,13-,15-,16+,19+,20+/m1/s1. The number of furan rings is 1. The van der Waals surface area contributed by atoms with E-state index >= 15 is 0 Å². The molecule has 1 aromatic carbocycles. The molecule has 0 spiro atoms. The van der Waals surface area contributed by atoms with Crippen LogP contribution >= 0.6 is 0 Å². The predicted octanol–water partition coefficient (Wildman–Crippen LogP) is 3.38. The van der Waals surface area contributed by atoms with Crippen molar-refractivity contribution in [3.8, 4) is 11.3 Å². The number of carbonyl (C=O) groups excluding carboxylic acids is 2. The molecule has 2 saturated carbocycles. The van der Waals surface area contributed by atoms with E-state index in [0.29, 0.717) is 11.8 Å². The van der Waals surface area contributed by atoms with Crippen molar-refractivity contribution in [1.82, 2.24) is 5.01 Å². The molecule has 1 aromatic heterocycles. The summed E-state index contributed by atoms with van der Waals surface area (Å²) in [6.07, 6.45) is 6.52. The molecule has 6 atom stereocenters. The van der Waals surface area contributed by atoms with E-state index in [1.165, 1.54) is 24.4 Å². The Labute approximate surface area is 175 Å². The molecule has 1 saturated heterocycles. The quantitative estimate of drug-likeness (QED) is 0.247. The largest absolute Gasteiger partial charge is 0.455 e. The number of hydrogen-bond acceptors (Lipinski definition) is 6. The van der Waals surface area contributed by atoms with Gasteiger partial charge in [-0.3, -0.25) is 19.7 Å². The molecular formula is C22H16FN3O5. The second kappa shape index (κ2) is 6.19. The average Bonchev–Trinajstić information content (AvgIpc) is 3.39. The van der Waals surface area contributed by atoms with Gasteiger partial charge in [0.2, 0.25) is 0 Å². The first-order valence-corrected chi connectivity index (χ1v) is 10.1. The van der Waals surface area contributed by atoms with Crippen LogP contribution in [0.5, 0.6) is 0 Å². The maximum atomic E-state index is 13.4. The highest BCUT2D eigenvalue weighted by Crippen LogP contribution is 2.65. The number of benzene rings is 1. The zero-order valence-corrected chi connectivity index (χ0v) is 16.1. The number of nitro benzene ring substituents is 1. The summed E-state index contributed by atoms with van der Waals surface area (Å²) in [6, 6.07) is 6.20. The number of allylic oxidation sites excluding steroid dienone is 2. The normalized spacial score (nSPS) is 32.6. The molecule has 2 amide bonds. The molecule has 156 valence electrons. The third kappa shape index (κ3) is 2.55. The van der Waals surface area contributed by atoms with Gasteiger partial charge in [-0.15, -0.1) is 0 Å². The van der Waals surface area contributed by atoms with Crippen LogP contribution in [0.25, 0.3) is 11.3 Å². The second-order valence-corrected chi connectivity index (χ2v) is 8.51. The van der Waals surface area contributed by atoms with E-state index in [9.17, 15) is 24.1 Å². The van der Waals surface area contributed by atoms with E-state index in [1.54, 1.807) is 0 Å². The number of hydrogen-bond donors (Lipinski definition) is 0. The Balaban J connectivity index is 1.26. The van der Waals surface area contributed by atoms with Crippen LogP contribution in [0.1, 0.15) is 12.2 Å². The topological polar surface area (TPSA) is 106 Å². The summed E-state index contributed by atoms with van der Waals surface area (Å²) in [6.45, 7) is 0. The van der Waals surface area contributed by atoms with Crippen LogP contribution in [-0.4, -0.2) is 28.0 Å². The van der Waals surface area contributed by atoms with Gasteiger partial charge >= 0.3 is 0 Å². The van der Waals surface area contributed by atoms with Crippen LogP contribution in [-0.2, 0) is 9.59 Å². The van der Waals surface area contributed by atoms with Crippen molar-refractivity contribution in [1.29, 1.82) is 0 Å².